The second-order valence-corrected chi connectivity index (χ2v) is 9.79. The monoisotopic (exact) mass is 485 g/mol. The van der Waals surface area contributed by atoms with Gasteiger partial charge in [-0.25, -0.2) is 13.6 Å². The summed E-state index contributed by atoms with van der Waals surface area (Å²) in [5.41, 5.74) is 7.26. The smallest absolute Gasteiger partial charge is 0.345 e. The predicted octanol–water partition coefficient (Wildman–Crippen LogP) is 6.00. The fourth-order valence-electron chi connectivity index (χ4n) is 4.33. The molecule has 2 aromatic rings. The Morgan fingerprint density at radius 1 is 1.09 bits per heavy atom. The Hall–Kier alpha value is -2.96. The first-order valence-corrected chi connectivity index (χ1v) is 12.5. The van der Waals surface area contributed by atoms with Crippen LogP contribution in [0.5, 0.6) is 5.75 Å². The van der Waals surface area contributed by atoms with Gasteiger partial charge in [0.1, 0.15) is 23.2 Å². The van der Waals surface area contributed by atoms with E-state index in [-0.39, 0.29) is 17.8 Å². The van der Waals surface area contributed by atoms with E-state index in [1.54, 1.807) is 4.90 Å². The largest absolute Gasteiger partial charge is 0.494 e. The molecule has 0 saturated carbocycles. The summed E-state index contributed by atoms with van der Waals surface area (Å²) in [4.78, 5) is 18.1. The quantitative estimate of drug-likeness (QED) is 0.350. The van der Waals surface area contributed by atoms with Crippen molar-refractivity contribution in [1.82, 2.24) is 4.90 Å². The second kappa shape index (κ2) is 12.7. The number of carbonyl (C=O) groups is 1. The number of piperidine rings is 1. The van der Waals surface area contributed by atoms with Gasteiger partial charge in [0.05, 0.1) is 6.61 Å². The van der Waals surface area contributed by atoms with Crippen molar-refractivity contribution in [1.29, 1.82) is 0 Å². The van der Waals surface area contributed by atoms with Gasteiger partial charge in [0.25, 0.3) is 0 Å². The summed E-state index contributed by atoms with van der Waals surface area (Å²) in [7, 11) is 0. The average molecular weight is 486 g/mol. The lowest BCUT2D eigenvalue weighted by atomic mass is 9.84. The summed E-state index contributed by atoms with van der Waals surface area (Å²) in [6.45, 7) is 8.15. The highest BCUT2D eigenvalue weighted by Gasteiger charge is 2.26. The van der Waals surface area contributed by atoms with Gasteiger partial charge in [0.15, 0.2) is 0 Å². The van der Waals surface area contributed by atoms with E-state index in [0.717, 1.165) is 36.6 Å². The molecule has 1 aliphatic rings. The van der Waals surface area contributed by atoms with Gasteiger partial charge in [-0.15, -0.1) is 0 Å². The van der Waals surface area contributed by atoms with E-state index in [0.29, 0.717) is 55.8 Å². The molecule has 2 aromatic carbocycles. The second-order valence-electron chi connectivity index (χ2n) is 9.79. The molecule has 0 bridgehead atoms. The van der Waals surface area contributed by atoms with Crippen molar-refractivity contribution in [3.05, 3.63) is 65.2 Å². The minimum atomic E-state index is -0.417. The number of hydrogen-bond acceptors (Lipinski definition) is 2. The van der Waals surface area contributed by atoms with Crippen LogP contribution in [0.3, 0.4) is 0 Å². The van der Waals surface area contributed by atoms with Crippen molar-refractivity contribution in [2.45, 2.75) is 52.9 Å². The first-order chi connectivity index (χ1) is 16.7. The standard InChI is InChI=1S/C28H37F2N3O2/c1-19(2)27(31)32-28(34)33-15-12-22(13-16-33)20(3)14-17-35-25-9-5-21(6-10-25)4-7-23-18-24(29)8-11-26(23)30/h5-6,8-11,18-20,22H,4,7,12-17H2,1-3H3,(H2,31,32,34)/t20-/m1/s1. The molecular formula is C28H37F2N3O2. The number of halogens is 2. The molecule has 5 nitrogen and oxygen atoms in total. The molecule has 0 aromatic heterocycles. The number of benzene rings is 2. The number of ether oxygens (including phenoxy) is 1. The third-order valence-electron chi connectivity index (χ3n) is 6.89. The molecule has 1 heterocycles. The maximum Gasteiger partial charge on any atom is 0.345 e. The molecule has 0 radical (unpaired) electrons. The number of nitrogens with two attached hydrogens (primary N) is 1. The van der Waals surface area contributed by atoms with E-state index >= 15 is 0 Å². The molecule has 190 valence electrons. The minimum Gasteiger partial charge on any atom is -0.494 e. The van der Waals surface area contributed by atoms with Crippen LogP contribution >= 0.6 is 0 Å². The van der Waals surface area contributed by atoms with Crippen molar-refractivity contribution < 1.29 is 18.3 Å². The Morgan fingerprint density at radius 2 is 1.77 bits per heavy atom. The van der Waals surface area contributed by atoms with Crippen molar-refractivity contribution in [2.75, 3.05) is 19.7 Å². The number of urea groups is 1. The van der Waals surface area contributed by atoms with E-state index < -0.39 is 5.82 Å². The molecule has 1 fully saturated rings. The third-order valence-corrected chi connectivity index (χ3v) is 6.89. The van der Waals surface area contributed by atoms with Gasteiger partial charge in [-0.2, -0.15) is 4.99 Å². The molecule has 35 heavy (non-hydrogen) atoms. The summed E-state index contributed by atoms with van der Waals surface area (Å²) in [5.74, 6) is 1.52. The molecule has 1 saturated heterocycles. The molecular weight excluding hydrogens is 448 g/mol. The van der Waals surface area contributed by atoms with E-state index in [4.69, 9.17) is 10.5 Å². The molecule has 0 aliphatic carbocycles. The maximum atomic E-state index is 13.8. The van der Waals surface area contributed by atoms with Crippen LogP contribution in [0, 0.1) is 29.4 Å². The zero-order valence-electron chi connectivity index (χ0n) is 21.0. The van der Waals surface area contributed by atoms with Crippen LogP contribution in [0.15, 0.2) is 47.5 Å². The van der Waals surface area contributed by atoms with Crippen LogP contribution in [0.1, 0.15) is 51.2 Å². The Morgan fingerprint density at radius 3 is 2.43 bits per heavy atom. The highest BCUT2D eigenvalue weighted by molar-refractivity contribution is 5.93. The Bertz CT molecular complexity index is 1000. The summed E-state index contributed by atoms with van der Waals surface area (Å²) in [6, 6.07) is 11.1. The van der Waals surface area contributed by atoms with Gasteiger partial charge in [-0.3, -0.25) is 0 Å². The molecule has 0 spiro atoms. The molecule has 2 N–H and O–H groups in total. The molecule has 3 rings (SSSR count). The zero-order chi connectivity index (χ0) is 25.4. The summed E-state index contributed by atoms with van der Waals surface area (Å²) >= 11 is 0. The number of carbonyl (C=O) groups excluding carboxylic acids is 1. The first-order valence-electron chi connectivity index (χ1n) is 12.5. The Balaban J connectivity index is 1.37. The molecule has 0 unspecified atom stereocenters. The minimum absolute atomic E-state index is 0.0671. The van der Waals surface area contributed by atoms with Gasteiger partial charge in [-0.05, 0) is 85.4 Å². The summed E-state index contributed by atoms with van der Waals surface area (Å²) in [5, 5.41) is 0. The van der Waals surface area contributed by atoms with Crippen LogP contribution in [0.25, 0.3) is 0 Å². The normalized spacial score (nSPS) is 15.9. The lowest BCUT2D eigenvalue weighted by molar-refractivity contribution is 0.149. The number of aryl methyl sites for hydroxylation is 2. The highest BCUT2D eigenvalue weighted by Crippen LogP contribution is 2.28. The van der Waals surface area contributed by atoms with Gasteiger partial charge in [0, 0.05) is 19.0 Å². The number of nitrogens with zero attached hydrogens (tertiary/aromatic N) is 2. The fraction of sp³-hybridized carbons (Fsp3) is 0.500. The van der Waals surface area contributed by atoms with Crippen LogP contribution in [-0.4, -0.2) is 36.5 Å². The van der Waals surface area contributed by atoms with Crippen LogP contribution in [0.2, 0.25) is 0 Å². The van der Waals surface area contributed by atoms with Gasteiger partial charge in [-0.1, -0.05) is 32.9 Å². The zero-order valence-corrected chi connectivity index (χ0v) is 21.0. The fourth-order valence-corrected chi connectivity index (χ4v) is 4.33. The van der Waals surface area contributed by atoms with Gasteiger partial charge < -0.3 is 15.4 Å². The molecule has 1 aliphatic heterocycles. The molecule has 2 amide bonds. The number of amidine groups is 1. The summed E-state index contributed by atoms with van der Waals surface area (Å²) < 4.78 is 33.1. The third kappa shape index (κ3) is 8.05. The number of likely N-dealkylation sites (tertiary alicyclic amines) is 1. The van der Waals surface area contributed by atoms with Crippen molar-refractivity contribution in [3.63, 3.8) is 0 Å². The van der Waals surface area contributed by atoms with Gasteiger partial charge >= 0.3 is 6.03 Å². The lowest BCUT2D eigenvalue weighted by Gasteiger charge is -2.34. The number of rotatable bonds is 9. The predicted molar refractivity (Wildman–Crippen MR) is 136 cm³/mol. The van der Waals surface area contributed by atoms with Crippen molar-refractivity contribution in [2.24, 2.45) is 28.5 Å². The van der Waals surface area contributed by atoms with E-state index in [2.05, 4.69) is 11.9 Å². The van der Waals surface area contributed by atoms with Crippen LogP contribution in [0.4, 0.5) is 13.6 Å². The number of amides is 2. The van der Waals surface area contributed by atoms with Gasteiger partial charge in [0.2, 0.25) is 0 Å². The first kappa shape index (κ1) is 26.6. The average Bonchev–Trinajstić information content (AvgIpc) is 2.85. The van der Waals surface area contributed by atoms with Crippen LogP contribution < -0.4 is 10.5 Å². The Labute approximate surface area is 207 Å². The van der Waals surface area contributed by atoms with E-state index in [1.165, 1.54) is 12.1 Å². The highest BCUT2D eigenvalue weighted by atomic mass is 19.1. The SMILES string of the molecule is CC(C)C(N)=NC(=O)N1CCC([C@H](C)CCOc2ccc(CCc3cc(F)ccc3F)cc2)CC1. The summed E-state index contributed by atoms with van der Waals surface area (Å²) in [6.07, 6.45) is 3.95. The molecule has 1 atom stereocenters. The Kier molecular flexibility index (Phi) is 9.64. The number of aliphatic imine (C=N–C) groups is 1. The number of hydrogen-bond donors (Lipinski definition) is 1. The lowest BCUT2D eigenvalue weighted by Crippen LogP contribution is -2.39. The van der Waals surface area contributed by atoms with Crippen molar-refractivity contribution >= 4 is 11.9 Å². The van der Waals surface area contributed by atoms with E-state index in [9.17, 15) is 13.6 Å². The topological polar surface area (TPSA) is 67.9 Å². The maximum absolute atomic E-state index is 13.8. The van der Waals surface area contributed by atoms with Crippen LogP contribution in [-0.2, 0) is 12.8 Å². The molecule has 7 heteroatoms. The van der Waals surface area contributed by atoms with E-state index in [1.807, 2.05) is 38.1 Å². The van der Waals surface area contributed by atoms with Crippen molar-refractivity contribution in [3.8, 4) is 5.75 Å².